The van der Waals surface area contributed by atoms with Gasteiger partial charge in [0.15, 0.2) is 0 Å². The van der Waals surface area contributed by atoms with E-state index in [0.29, 0.717) is 5.56 Å². The Morgan fingerprint density at radius 2 is 2.42 bits per heavy atom. The van der Waals surface area contributed by atoms with Crippen LogP contribution in [-0.4, -0.2) is 33.5 Å². The van der Waals surface area contributed by atoms with Crippen LogP contribution in [0.15, 0.2) is 19.7 Å². The summed E-state index contributed by atoms with van der Waals surface area (Å²) in [6.45, 7) is 1.69. The normalized spacial score (nSPS) is 26.5. The van der Waals surface area contributed by atoms with Crippen molar-refractivity contribution in [3.63, 3.8) is 0 Å². The first-order chi connectivity index (χ1) is 9.02. The summed E-state index contributed by atoms with van der Waals surface area (Å²) in [6, 6.07) is 0. The molecule has 1 aromatic rings. The van der Waals surface area contributed by atoms with Gasteiger partial charge in [-0.3, -0.25) is 0 Å². The van der Waals surface area contributed by atoms with Crippen molar-refractivity contribution in [2.24, 2.45) is 3.95 Å². The summed E-state index contributed by atoms with van der Waals surface area (Å²) < 4.78 is 10.2. The summed E-state index contributed by atoms with van der Waals surface area (Å²) in [5.74, 6) is 0. The van der Waals surface area contributed by atoms with Crippen molar-refractivity contribution in [1.29, 1.82) is 0 Å². The van der Waals surface area contributed by atoms with Crippen LogP contribution >= 0.6 is 0 Å². The van der Waals surface area contributed by atoms with E-state index in [2.05, 4.69) is 8.94 Å². The molecule has 2 rings (SSSR count). The van der Waals surface area contributed by atoms with Crippen molar-refractivity contribution in [3.05, 3.63) is 32.6 Å². The molecule has 1 aliphatic heterocycles. The number of aliphatic hydroxyl groups is 1. The Morgan fingerprint density at radius 3 is 3.11 bits per heavy atom. The number of H-pyrrole nitrogens is 1. The van der Waals surface area contributed by atoms with Crippen molar-refractivity contribution in [1.82, 2.24) is 9.55 Å². The van der Waals surface area contributed by atoms with Crippen LogP contribution in [0, 0.1) is 6.92 Å². The van der Waals surface area contributed by atoms with Crippen LogP contribution in [0.5, 0.6) is 0 Å². The molecule has 2 N–H and O–H groups in total. The zero-order valence-electron chi connectivity index (χ0n) is 10.1. The van der Waals surface area contributed by atoms with E-state index in [9.17, 15) is 14.7 Å². The minimum atomic E-state index is -0.751. The number of hydrogen-bond donors (Lipinski definition) is 2. The van der Waals surface area contributed by atoms with E-state index in [1.54, 1.807) is 6.92 Å². The minimum absolute atomic E-state index is 0.101. The van der Waals surface area contributed by atoms with E-state index in [-0.39, 0.29) is 13.0 Å². The molecule has 1 aromatic heterocycles. The number of ether oxygens (including phenoxy) is 1. The summed E-state index contributed by atoms with van der Waals surface area (Å²) in [7, 11) is 0. The van der Waals surface area contributed by atoms with Gasteiger partial charge in [-0.2, -0.15) is 0 Å². The van der Waals surface area contributed by atoms with Crippen LogP contribution < -0.4 is 11.2 Å². The van der Waals surface area contributed by atoms with Crippen molar-refractivity contribution < 1.29 is 31.9 Å². The second-order valence-corrected chi connectivity index (χ2v) is 4.54. The third-order valence-electron chi connectivity index (χ3n) is 2.96. The number of aliphatic hydroxyl groups excluding tert-OH is 1. The summed E-state index contributed by atoms with van der Waals surface area (Å²) in [5.41, 5.74) is -0.591. The zero-order chi connectivity index (χ0) is 14.0. The number of nitrogens with zero attached hydrogens (tertiary/aromatic N) is 2. The van der Waals surface area contributed by atoms with Gasteiger partial charge in [0.25, 0.3) is 0 Å². The molecule has 3 atom stereocenters. The average molecular weight is 306 g/mol. The van der Waals surface area contributed by atoms with Crippen LogP contribution in [0.2, 0.25) is 0 Å². The molecule has 2 heterocycles. The standard InChI is InChI=1S/C10H13N3O5.V/c1-5-3-13(10(16)12-9(5)15)8-2-6(14)7(18-8)4-17-11;/h3,6-8,14H,2,4H2,1H3,(H,12,15,16);. The van der Waals surface area contributed by atoms with Crippen molar-refractivity contribution >= 4 is 0 Å². The average Bonchev–Trinajstić information content (AvgIpc) is 2.72. The fourth-order valence-corrected chi connectivity index (χ4v) is 2.05. The van der Waals surface area contributed by atoms with Gasteiger partial charge < -0.3 is 0 Å². The van der Waals surface area contributed by atoms with Crippen LogP contribution in [0.25, 0.3) is 0 Å². The SMILES string of the molecule is Cc1cn(C2CC(O)C(CO[N]=[V])O2)c(=O)[nH]c1=O. The predicted octanol–water partition coefficient (Wildman–Crippen LogP) is -0.845. The third kappa shape index (κ3) is 3.10. The van der Waals surface area contributed by atoms with E-state index in [1.165, 1.54) is 10.8 Å². The van der Waals surface area contributed by atoms with E-state index < -0.39 is 29.7 Å². The van der Waals surface area contributed by atoms with Crippen LogP contribution in [-0.2, 0) is 26.8 Å². The molecule has 1 aliphatic rings. The second kappa shape index (κ2) is 5.93. The maximum absolute atomic E-state index is 11.7. The number of rotatable bonds is 4. The third-order valence-corrected chi connectivity index (χ3v) is 3.14. The predicted molar refractivity (Wildman–Crippen MR) is 59.0 cm³/mol. The van der Waals surface area contributed by atoms with E-state index in [0.717, 1.165) is 0 Å². The number of aryl methyl sites for hydroxylation is 1. The molecule has 8 nitrogen and oxygen atoms in total. The summed E-state index contributed by atoms with van der Waals surface area (Å²) in [5, 5.41) is 9.82. The Kier molecular flexibility index (Phi) is 4.48. The van der Waals surface area contributed by atoms with Gasteiger partial charge in [-0.15, -0.1) is 0 Å². The Bertz CT molecular complexity index is 583. The van der Waals surface area contributed by atoms with Crippen LogP contribution in [0.1, 0.15) is 18.2 Å². The molecule has 0 radical (unpaired) electrons. The van der Waals surface area contributed by atoms with Crippen molar-refractivity contribution in [2.75, 3.05) is 6.61 Å². The fourth-order valence-electron chi connectivity index (χ4n) is 1.94. The van der Waals surface area contributed by atoms with E-state index in [1.807, 2.05) is 17.2 Å². The number of hydrogen-bond acceptors (Lipinski definition) is 6. The van der Waals surface area contributed by atoms with E-state index in [4.69, 9.17) is 9.57 Å². The molecule has 19 heavy (non-hydrogen) atoms. The molecule has 103 valence electrons. The first kappa shape index (κ1) is 14.4. The van der Waals surface area contributed by atoms with Crippen LogP contribution in [0.3, 0.4) is 0 Å². The first-order valence-electron chi connectivity index (χ1n) is 5.65. The topological polar surface area (TPSA) is 106 Å². The van der Waals surface area contributed by atoms with Gasteiger partial charge in [-0.1, -0.05) is 0 Å². The van der Waals surface area contributed by atoms with Gasteiger partial charge in [0.2, 0.25) is 0 Å². The van der Waals surface area contributed by atoms with Gasteiger partial charge in [0, 0.05) is 0 Å². The van der Waals surface area contributed by atoms with Crippen molar-refractivity contribution in [2.45, 2.75) is 31.8 Å². The Morgan fingerprint density at radius 1 is 1.68 bits per heavy atom. The number of nitrogens with one attached hydrogen (secondary N) is 1. The van der Waals surface area contributed by atoms with Gasteiger partial charge in [-0.05, 0) is 0 Å². The molecular weight excluding hydrogens is 293 g/mol. The van der Waals surface area contributed by atoms with Gasteiger partial charge >= 0.3 is 116 Å². The van der Waals surface area contributed by atoms with E-state index >= 15 is 0 Å². The molecule has 0 bridgehead atoms. The Labute approximate surface area is 117 Å². The van der Waals surface area contributed by atoms with Crippen molar-refractivity contribution in [3.8, 4) is 0 Å². The molecule has 1 saturated heterocycles. The summed E-state index contributed by atoms with van der Waals surface area (Å²) in [4.78, 5) is 30.0. The zero-order valence-corrected chi connectivity index (χ0v) is 11.5. The number of aromatic nitrogens is 2. The Balaban J connectivity index is 2.20. The number of aromatic amines is 1. The quantitative estimate of drug-likeness (QED) is 0.705. The molecule has 3 unspecified atom stereocenters. The van der Waals surface area contributed by atoms with Gasteiger partial charge in [0.1, 0.15) is 0 Å². The first-order valence-corrected chi connectivity index (χ1v) is 6.27. The second-order valence-electron chi connectivity index (χ2n) is 4.29. The molecule has 0 amide bonds. The molecule has 0 spiro atoms. The molecule has 0 aromatic carbocycles. The fraction of sp³-hybridized carbons (Fsp3) is 0.600. The van der Waals surface area contributed by atoms with Gasteiger partial charge in [0.05, 0.1) is 0 Å². The summed E-state index contributed by atoms with van der Waals surface area (Å²) in [6.07, 6.45) is -0.269. The molecule has 0 saturated carbocycles. The van der Waals surface area contributed by atoms with Gasteiger partial charge in [-0.25, -0.2) is 0 Å². The molecular formula is C10H13N3O5V. The molecule has 9 heteroatoms. The maximum atomic E-state index is 11.7. The summed E-state index contributed by atoms with van der Waals surface area (Å²) >= 11 is 1.90. The monoisotopic (exact) mass is 306 g/mol. The Hall–Kier alpha value is -1.06. The molecule has 1 fully saturated rings. The molecule has 0 aliphatic carbocycles. The van der Waals surface area contributed by atoms with Crippen LogP contribution in [0.4, 0.5) is 0 Å².